The molecule has 0 aliphatic carbocycles. The van der Waals surface area contributed by atoms with Crippen LogP contribution in [0.4, 0.5) is 16.6 Å². The molecular weight excluding hydrogens is 458 g/mol. The Kier molecular flexibility index (Phi) is 7.26. The molecule has 0 atom stereocenters. The number of hydrogen-bond acceptors (Lipinski definition) is 9. The van der Waals surface area contributed by atoms with E-state index in [1.165, 1.54) is 0 Å². The number of anilines is 1. The summed E-state index contributed by atoms with van der Waals surface area (Å²) in [7, 11) is 0. The Morgan fingerprint density at radius 1 is 1.25 bits per heavy atom. The van der Waals surface area contributed by atoms with Crippen LogP contribution in [0.1, 0.15) is 41.0 Å². The fourth-order valence-corrected chi connectivity index (χ4v) is 4.23. The molecule has 2 aliphatic rings. The first kappa shape index (κ1) is 25.6. The lowest BCUT2D eigenvalue weighted by Crippen LogP contribution is -2.52. The summed E-state index contributed by atoms with van der Waals surface area (Å²) in [5, 5.41) is 0. The molecule has 4 rings (SSSR count). The van der Waals surface area contributed by atoms with E-state index in [1.54, 1.807) is 23.4 Å². The number of aliphatic imine (C=N–C) groups is 1. The van der Waals surface area contributed by atoms with E-state index < -0.39 is 11.1 Å². The molecule has 10 nitrogen and oxygen atoms in total. The highest BCUT2D eigenvalue weighted by Crippen LogP contribution is 2.31. The van der Waals surface area contributed by atoms with Crippen molar-refractivity contribution < 1.29 is 14.3 Å². The second-order valence-electron chi connectivity index (χ2n) is 10.5. The van der Waals surface area contributed by atoms with Gasteiger partial charge in [0.1, 0.15) is 11.1 Å². The van der Waals surface area contributed by atoms with Crippen molar-refractivity contribution in [2.45, 2.75) is 52.2 Å². The number of nitrogens with zero attached hydrogens (tertiary/aromatic N) is 6. The maximum absolute atomic E-state index is 12.6. The van der Waals surface area contributed by atoms with Crippen LogP contribution >= 0.6 is 0 Å². The van der Waals surface area contributed by atoms with Gasteiger partial charge in [-0.1, -0.05) is 6.08 Å². The number of rotatable bonds is 4. The fraction of sp³-hybridized carbons (Fsp3) is 0.500. The van der Waals surface area contributed by atoms with Crippen LogP contribution < -0.4 is 10.6 Å². The van der Waals surface area contributed by atoms with Crippen molar-refractivity contribution in [3.63, 3.8) is 0 Å². The lowest BCUT2D eigenvalue weighted by molar-refractivity contribution is 0.00490. The zero-order valence-electron chi connectivity index (χ0n) is 21.7. The molecule has 1 amide bonds. The lowest BCUT2D eigenvalue weighted by atomic mass is 9.88. The van der Waals surface area contributed by atoms with E-state index in [2.05, 4.69) is 24.8 Å². The summed E-state index contributed by atoms with van der Waals surface area (Å²) in [5.74, 6) is 1.10. The molecule has 192 valence electrons. The molecule has 2 aliphatic heterocycles. The lowest BCUT2D eigenvalue weighted by Gasteiger charge is -2.42. The molecule has 0 saturated carbocycles. The Bertz CT molecular complexity index is 1210. The van der Waals surface area contributed by atoms with Gasteiger partial charge in [-0.3, -0.25) is 9.88 Å². The summed E-state index contributed by atoms with van der Waals surface area (Å²) in [6.45, 7) is 12.8. The number of carbonyl (C=O) groups is 1. The third-order valence-corrected chi connectivity index (χ3v) is 6.04. The molecule has 0 spiro atoms. The Labute approximate surface area is 211 Å². The third-order valence-electron chi connectivity index (χ3n) is 6.04. The van der Waals surface area contributed by atoms with Crippen molar-refractivity contribution in [3.05, 3.63) is 41.8 Å². The van der Waals surface area contributed by atoms with Crippen molar-refractivity contribution >= 4 is 35.1 Å². The minimum Gasteiger partial charge on any atom is -0.444 e. The molecule has 0 aromatic carbocycles. The van der Waals surface area contributed by atoms with E-state index in [1.807, 2.05) is 52.8 Å². The molecule has 2 aromatic rings. The van der Waals surface area contributed by atoms with Gasteiger partial charge in [0.2, 0.25) is 0 Å². The minimum absolute atomic E-state index is 0.328. The molecule has 0 unspecified atom stereocenters. The predicted molar refractivity (Wildman–Crippen MR) is 141 cm³/mol. The van der Waals surface area contributed by atoms with Gasteiger partial charge in [0.05, 0.1) is 18.7 Å². The Morgan fingerprint density at radius 3 is 2.69 bits per heavy atom. The smallest absolute Gasteiger partial charge is 0.411 e. The number of allylic oxidation sites excluding steroid dienone is 2. The maximum atomic E-state index is 12.6. The zero-order chi connectivity index (χ0) is 25.9. The quantitative estimate of drug-likeness (QED) is 0.640. The summed E-state index contributed by atoms with van der Waals surface area (Å²) in [4.78, 5) is 34.7. The highest BCUT2D eigenvalue weighted by Gasteiger charge is 2.37. The molecule has 36 heavy (non-hydrogen) atoms. The highest BCUT2D eigenvalue weighted by molar-refractivity contribution is 5.87. The molecule has 0 bridgehead atoms. The van der Waals surface area contributed by atoms with E-state index in [0.717, 1.165) is 35.5 Å². The highest BCUT2D eigenvalue weighted by atomic mass is 16.6. The number of aromatic nitrogens is 3. The molecule has 4 heterocycles. The Hall–Kier alpha value is -3.53. The zero-order valence-corrected chi connectivity index (χ0v) is 21.7. The van der Waals surface area contributed by atoms with Crippen molar-refractivity contribution in [2.75, 3.05) is 37.7 Å². The number of amides is 1. The van der Waals surface area contributed by atoms with Crippen LogP contribution in [0, 0.1) is 0 Å². The summed E-state index contributed by atoms with van der Waals surface area (Å²) in [5.41, 5.74) is 8.43. The molecule has 0 radical (unpaired) electrons. The molecule has 1 saturated heterocycles. The number of morpholine rings is 1. The van der Waals surface area contributed by atoms with Gasteiger partial charge in [0, 0.05) is 43.3 Å². The van der Waals surface area contributed by atoms with E-state index in [4.69, 9.17) is 15.2 Å². The number of pyridine rings is 1. The third kappa shape index (κ3) is 5.99. The number of carbonyl (C=O) groups excluding carboxylic acids is 1. The van der Waals surface area contributed by atoms with Crippen LogP contribution in [0.15, 0.2) is 46.7 Å². The van der Waals surface area contributed by atoms with Gasteiger partial charge in [-0.25, -0.2) is 14.8 Å². The normalized spacial score (nSPS) is 19.0. The van der Waals surface area contributed by atoms with Crippen LogP contribution in [0.2, 0.25) is 0 Å². The van der Waals surface area contributed by atoms with Crippen LogP contribution in [-0.2, 0) is 9.47 Å². The molecule has 1 fully saturated rings. The van der Waals surface area contributed by atoms with Gasteiger partial charge in [0.25, 0.3) is 5.95 Å². The molecular formula is C26H35N7O3. The molecule has 2 N–H and O–H groups in total. The average Bonchev–Trinajstić information content (AvgIpc) is 2.82. The topological polar surface area (TPSA) is 119 Å². The SMILES string of the molecule is CC(C)(C)OC(=O)N1CC=C(/C(N)=C/C=N/c2nc(N3CCOCC3)c3ncccc3n2)CC1(C)C. The number of ether oxygens (including phenoxy) is 2. The molecule has 10 heteroatoms. The standard InChI is InChI=1S/C26H35N7O3/c1-25(2,3)36-24(34)33-12-9-18(17-26(33,4)5)19(27)8-11-29-23-30-20-7-6-10-28-21(20)22(31-23)32-13-15-35-16-14-32/h6-11H,12-17,27H2,1-5H3/b19-8-,29-11+. The maximum Gasteiger partial charge on any atom is 0.411 e. The van der Waals surface area contributed by atoms with E-state index >= 15 is 0 Å². The van der Waals surface area contributed by atoms with Crippen LogP contribution in [0.3, 0.4) is 0 Å². The van der Waals surface area contributed by atoms with Crippen LogP contribution in [0.25, 0.3) is 11.0 Å². The average molecular weight is 494 g/mol. The largest absolute Gasteiger partial charge is 0.444 e. The second kappa shape index (κ2) is 10.2. The van der Waals surface area contributed by atoms with E-state index in [9.17, 15) is 4.79 Å². The first-order valence-electron chi connectivity index (χ1n) is 12.2. The van der Waals surface area contributed by atoms with Crippen molar-refractivity contribution in [2.24, 2.45) is 10.7 Å². The van der Waals surface area contributed by atoms with Gasteiger partial charge in [-0.2, -0.15) is 4.98 Å². The fourth-order valence-electron chi connectivity index (χ4n) is 4.23. The number of fused-ring (bicyclic) bond motifs is 1. The predicted octanol–water partition coefficient (Wildman–Crippen LogP) is 3.75. The van der Waals surface area contributed by atoms with Gasteiger partial charge < -0.3 is 20.1 Å². The van der Waals surface area contributed by atoms with Gasteiger partial charge in [-0.15, -0.1) is 0 Å². The summed E-state index contributed by atoms with van der Waals surface area (Å²) >= 11 is 0. The van der Waals surface area contributed by atoms with Crippen molar-refractivity contribution in [3.8, 4) is 0 Å². The van der Waals surface area contributed by atoms with Gasteiger partial charge >= 0.3 is 6.09 Å². The van der Waals surface area contributed by atoms with Crippen LogP contribution in [0.5, 0.6) is 0 Å². The van der Waals surface area contributed by atoms with Gasteiger partial charge in [-0.05, 0) is 64.8 Å². The first-order chi connectivity index (χ1) is 17.0. The number of hydrogen-bond donors (Lipinski definition) is 1. The van der Waals surface area contributed by atoms with E-state index in [-0.39, 0.29) is 6.09 Å². The summed E-state index contributed by atoms with van der Waals surface area (Å²) < 4.78 is 11.0. The minimum atomic E-state index is -0.547. The molecule has 2 aromatic heterocycles. The Morgan fingerprint density at radius 2 is 2.00 bits per heavy atom. The monoisotopic (exact) mass is 493 g/mol. The van der Waals surface area contributed by atoms with Crippen molar-refractivity contribution in [1.82, 2.24) is 19.9 Å². The van der Waals surface area contributed by atoms with Gasteiger partial charge in [0.15, 0.2) is 5.82 Å². The second-order valence-corrected chi connectivity index (χ2v) is 10.5. The van der Waals surface area contributed by atoms with Crippen LogP contribution in [-0.4, -0.2) is 76.1 Å². The first-order valence-corrected chi connectivity index (χ1v) is 12.2. The Balaban J connectivity index is 1.52. The van der Waals surface area contributed by atoms with E-state index in [0.29, 0.717) is 37.8 Å². The van der Waals surface area contributed by atoms with Crippen molar-refractivity contribution in [1.29, 1.82) is 0 Å². The summed E-state index contributed by atoms with van der Waals surface area (Å²) in [6.07, 6.45) is 7.34. The number of nitrogens with two attached hydrogens (primary N) is 1. The summed E-state index contributed by atoms with van der Waals surface area (Å²) in [6, 6.07) is 3.75.